The fourth-order valence-corrected chi connectivity index (χ4v) is 3.57. The molecule has 2 saturated heterocycles. The Hall–Kier alpha value is -2.31. The van der Waals surface area contributed by atoms with Crippen molar-refractivity contribution in [2.45, 2.75) is 25.4 Å². The number of carbonyl (C=O) groups is 1. The van der Waals surface area contributed by atoms with Gasteiger partial charge in [-0.2, -0.15) is 10.1 Å². The molecule has 0 bridgehead atoms. The van der Waals surface area contributed by atoms with Gasteiger partial charge in [0.05, 0.1) is 12.8 Å². The number of halogens is 1. The summed E-state index contributed by atoms with van der Waals surface area (Å²) in [5.41, 5.74) is 0.932. The molecular formula is C20H22ClN3O3. The molecule has 1 unspecified atom stereocenters. The van der Waals surface area contributed by atoms with Gasteiger partial charge in [0.1, 0.15) is 17.6 Å². The Morgan fingerprint density at radius 2 is 1.89 bits per heavy atom. The number of carbonyl (C=O) groups excluding carboxylic acids is 1. The Morgan fingerprint density at radius 3 is 2.67 bits per heavy atom. The summed E-state index contributed by atoms with van der Waals surface area (Å²) in [6, 6.07) is 11.1. The second-order valence-corrected chi connectivity index (χ2v) is 7.34. The number of benzene rings is 1. The van der Waals surface area contributed by atoms with Crippen LogP contribution in [0.5, 0.6) is 0 Å². The van der Waals surface area contributed by atoms with E-state index in [1.165, 1.54) is 24.3 Å². The van der Waals surface area contributed by atoms with E-state index in [0.717, 1.165) is 31.0 Å². The Kier molecular flexibility index (Phi) is 5.45. The number of hydrazone groups is 1. The van der Waals surface area contributed by atoms with E-state index in [2.05, 4.69) is 10.0 Å². The molecule has 1 amide bonds. The lowest BCUT2D eigenvalue weighted by atomic mass is 10.1. The predicted molar refractivity (Wildman–Crippen MR) is 104 cm³/mol. The molecule has 2 aliphatic heterocycles. The van der Waals surface area contributed by atoms with Crippen molar-refractivity contribution in [1.29, 1.82) is 0 Å². The van der Waals surface area contributed by atoms with Crippen molar-refractivity contribution in [3.05, 3.63) is 47.2 Å². The molecule has 1 aromatic carbocycles. The molecule has 2 aromatic rings. The van der Waals surface area contributed by atoms with Crippen LogP contribution in [0.2, 0.25) is 5.02 Å². The zero-order valence-electron chi connectivity index (χ0n) is 15.0. The summed E-state index contributed by atoms with van der Waals surface area (Å²) < 4.78 is 11.2. The lowest BCUT2D eigenvalue weighted by Gasteiger charge is -2.27. The minimum absolute atomic E-state index is 0.131. The van der Waals surface area contributed by atoms with Gasteiger partial charge in [0.15, 0.2) is 0 Å². The Bertz CT molecular complexity index is 812. The summed E-state index contributed by atoms with van der Waals surface area (Å²) in [5.74, 6) is 1.30. The van der Waals surface area contributed by atoms with E-state index in [1.807, 2.05) is 36.4 Å². The molecule has 0 N–H and O–H groups in total. The number of hydrogen-bond donors (Lipinski definition) is 0. The van der Waals surface area contributed by atoms with Crippen LogP contribution in [0.1, 0.15) is 25.0 Å². The summed E-state index contributed by atoms with van der Waals surface area (Å²) in [4.78, 5) is 14.4. The van der Waals surface area contributed by atoms with Crippen molar-refractivity contribution in [2.75, 3.05) is 26.2 Å². The van der Waals surface area contributed by atoms with Crippen LogP contribution in [0.4, 0.5) is 4.79 Å². The van der Waals surface area contributed by atoms with E-state index in [1.54, 1.807) is 6.21 Å². The van der Waals surface area contributed by atoms with E-state index in [4.69, 9.17) is 20.8 Å². The van der Waals surface area contributed by atoms with Crippen LogP contribution < -0.4 is 0 Å². The minimum Gasteiger partial charge on any atom is -0.455 e. The van der Waals surface area contributed by atoms with Gasteiger partial charge in [-0.05, 0) is 62.3 Å². The van der Waals surface area contributed by atoms with Crippen LogP contribution in [0.15, 0.2) is 45.9 Å². The van der Waals surface area contributed by atoms with Gasteiger partial charge in [-0.1, -0.05) is 18.0 Å². The molecule has 3 heterocycles. The third-order valence-electron chi connectivity index (χ3n) is 4.85. The first kappa shape index (κ1) is 18.1. The molecule has 27 heavy (non-hydrogen) atoms. The zero-order chi connectivity index (χ0) is 18.6. The van der Waals surface area contributed by atoms with Crippen molar-refractivity contribution in [3.8, 4) is 11.3 Å². The van der Waals surface area contributed by atoms with Crippen LogP contribution in [0, 0.1) is 0 Å². The third-order valence-corrected chi connectivity index (χ3v) is 5.10. The molecule has 4 rings (SSSR count). The molecule has 0 aliphatic carbocycles. The highest BCUT2D eigenvalue weighted by Crippen LogP contribution is 2.23. The lowest BCUT2D eigenvalue weighted by molar-refractivity contribution is 0.0990. The Balaban J connectivity index is 1.35. The zero-order valence-corrected chi connectivity index (χ0v) is 15.8. The summed E-state index contributed by atoms with van der Waals surface area (Å²) in [6.45, 7) is 3.41. The first-order chi connectivity index (χ1) is 13.2. The smallest absolute Gasteiger partial charge is 0.430 e. The van der Waals surface area contributed by atoms with Crippen molar-refractivity contribution >= 4 is 23.9 Å². The predicted octanol–water partition coefficient (Wildman–Crippen LogP) is 4.24. The molecule has 1 atom stereocenters. The maximum atomic E-state index is 12.0. The van der Waals surface area contributed by atoms with Gasteiger partial charge < -0.3 is 9.15 Å². The molecule has 2 aliphatic rings. The third kappa shape index (κ3) is 4.51. The lowest BCUT2D eigenvalue weighted by Crippen LogP contribution is -2.37. The molecule has 2 fully saturated rings. The van der Waals surface area contributed by atoms with Gasteiger partial charge in [-0.3, -0.25) is 4.90 Å². The fraction of sp³-hybridized carbons (Fsp3) is 0.400. The summed E-state index contributed by atoms with van der Waals surface area (Å²) in [6.07, 6.45) is 4.74. The van der Waals surface area contributed by atoms with Crippen LogP contribution in [-0.4, -0.2) is 54.5 Å². The number of piperidine rings is 1. The maximum Gasteiger partial charge on any atom is 0.430 e. The largest absolute Gasteiger partial charge is 0.455 e. The molecule has 142 valence electrons. The SMILES string of the molecule is O=C1OC(CN2CCCCC2)CN1N=Cc1ccc(-c2ccc(Cl)cc2)o1. The Labute approximate surface area is 163 Å². The molecule has 6 nitrogen and oxygen atoms in total. The first-order valence-electron chi connectivity index (χ1n) is 9.28. The van der Waals surface area contributed by atoms with Crippen LogP contribution in [0.25, 0.3) is 11.3 Å². The van der Waals surface area contributed by atoms with Gasteiger partial charge in [-0.15, -0.1) is 0 Å². The van der Waals surface area contributed by atoms with Gasteiger partial charge in [0.2, 0.25) is 0 Å². The van der Waals surface area contributed by atoms with Crippen LogP contribution in [0.3, 0.4) is 0 Å². The summed E-state index contributed by atoms with van der Waals surface area (Å²) >= 11 is 5.91. The normalized spacial score (nSPS) is 21.1. The fourth-order valence-electron chi connectivity index (χ4n) is 3.45. The average Bonchev–Trinajstić information content (AvgIpc) is 3.28. The van der Waals surface area contributed by atoms with E-state index in [9.17, 15) is 4.79 Å². The van der Waals surface area contributed by atoms with Crippen LogP contribution in [-0.2, 0) is 4.74 Å². The molecule has 0 saturated carbocycles. The number of ether oxygens (including phenoxy) is 1. The van der Waals surface area contributed by atoms with E-state index >= 15 is 0 Å². The highest BCUT2D eigenvalue weighted by Gasteiger charge is 2.32. The molecule has 7 heteroatoms. The number of amides is 1. The highest BCUT2D eigenvalue weighted by molar-refractivity contribution is 6.30. The summed E-state index contributed by atoms with van der Waals surface area (Å²) in [5, 5.41) is 6.28. The van der Waals surface area contributed by atoms with Crippen molar-refractivity contribution in [2.24, 2.45) is 5.10 Å². The molecule has 0 spiro atoms. The average molecular weight is 388 g/mol. The minimum atomic E-state index is -0.405. The van der Waals surface area contributed by atoms with Gasteiger partial charge >= 0.3 is 6.09 Å². The number of furan rings is 1. The quantitative estimate of drug-likeness (QED) is 0.720. The van der Waals surface area contributed by atoms with E-state index in [-0.39, 0.29) is 6.10 Å². The van der Waals surface area contributed by atoms with Gasteiger partial charge in [-0.25, -0.2) is 4.79 Å². The molecule has 1 aromatic heterocycles. The summed E-state index contributed by atoms with van der Waals surface area (Å²) in [7, 11) is 0. The first-order valence-corrected chi connectivity index (χ1v) is 9.65. The standard InChI is InChI=1S/C20H22ClN3O3/c21-16-6-4-15(5-7-16)19-9-8-17(26-19)12-22-24-14-18(27-20(24)25)13-23-10-2-1-3-11-23/h4-9,12,18H,1-3,10-11,13-14H2. The maximum absolute atomic E-state index is 12.0. The number of nitrogens with zero attached hydrogens (tertiary/aromatic N) is 3. The Morgan fingerprint density at radius 1 is 1.11 bits per heavy atom. The van der Waals surface area contributed by atoms with Crippen molar-refractivity contribution in [3.63, 3.8) is 0 Å². The number of cyclic esters (lactones) is 1. The molecular weight excluding hydrogens is 366 g/mol. The van der Waals surface area contributed by atoms with E-state index in [0.29, 0.717) is 17.3 Å². The van der Waals surface area contributed by atoms with Crippen molar-refractivity contribution in [1.82, 2.24) is 9.91 Å². The second-order valence-electron chi connectivity index (χ2n) is 6.90. The second kappa shape index (κ2) is 8.15. The van der Waals surface area contributed by atoms with E-state index < -0.39 is 6.09 Å². The topological polar surface area (TPSA) is 58.3 Å². The molecule has 0 radical (unpaired) electrons. The highest BCUT2D eigenvalue weighted by atomic mass is 35.5. The number of rotatable bonds is 5. The van der Waals surface area contributed by atoms with Gasteiger partial charge in [0.25, 0.3) is 0 Å². The van der Waals surface area contributed by atoms with Crippen molar-refractivity contribution < 1.29 is 13.9 Å². The number of likely N-dealkylation sites (tertiary alicyclic amines) is 1. The van der Waals surface area contributed by atoms with Gasteiger partial charge in [0, 0.05) is 17.1 Å². The number of hydrogen-bond acceptors (Lipinski definition) is 5. The monoisotopic (exact) mass is 387 g/mol. The van der Waals surface area contributed by atoms with Crippen LogP contribution >= 0.6 is 11.6 Å².